The Morgan fingerprint density at radius 2 is 1.84 bits per heavy atom. The van der Waals surface area contributed by atoms with Gasteiger partial charge in [0.25, 0.3) is 5.91 Å². The van der Waals surface area contributed by atoms with Gasteiger partial charge in [-0.05, 0) is 45.2 Å². The van der Waals surface area contributed by atoms with Gasteiger partial charge < -0.3 is 10.4 Å². The summed E-state index contributed by atoms with van der Waals surface area (Å²) < 4.78 is 1.09. The van der Waals surface area contributed by atoms with Crippen LogP contribution in [-0.4, -0.2) is 22.2 Å². The molecule has 1 amide bonds. The molecule has 1 heterocycles. The summed E-state index contributed by atoms with van der Waals surface area (Å²) in [7, 11) is 0. The van der Waals surface area contributed by atoms with E-state index in [1.807, 2.05) is 44.2 Å². The lowest BCUT2D eigenvalue weighted by molar-refractivity contribution is -0.00284. The fraction of sp³-hybridized carbons (Fsp3) is 0.400. The van der Waals surface area contributed by atoms with Crippen molar-refractivity contribution in [3.63, 3.8) is 0 Å². The van der Waals surface area contributed by atoms with Gasteiger partial charge in [0, 0.05) is 4.70 Å². The number of carbonyl (C=O) groups is 1. The summed E-state index contributed by atoms with van der Waals surface area (Å²) in [6, 6.07) is 9.79. The van der Waals surface area contributed by atoms with Crippen molar-refractivity contribution in [3.05, 3.63) is 35.2 Å². The number of fused-ring (bicyclic) bond motifs is 1. The molecule has 102 valence electrons. The Hall–Kier alpha value is -1.39. The van der Waals surface area contributed by atoms with Crippen molar-refractivity contribution in [2.45, 2.75) is 38.8 Å². The minimum absolute atomic E-state index is 0.145. The Morgan fingerprint density at radius 3 is 2.42 bits per heavy atom. The van der Waals surface area contributed by atoms with E-state index in [-0.39, 0.29) is 5.91 Å². The van der Waals surface area contributed by atoms with E-state index in [0.29, 0.717) is 4.88 Å². The van der Waals surface area contributed by atoms with E-state index in [4.69, 9.17) is 0 Å². The van der Waals surface area contributed by atoms with Gasteiger partial charge in [-0.1, -0.05) is 18.2 Å². The molecule has 0 spiro atoms. The van der Waals surface area contributed by atoms with Crippen molar-refractivity contribution < 1.29 is 9.90 Å². The first-order chi connectivity index (χ1) is 8.71. The quantitative estimate of drug-likeness (QED) is 0.905. The predicted molar refractivity (Wildman–Crippen MR) is 79.7 cm³/mol. The molecule has 3 nitrogen and oxygen atoms in total. The Morgan fingerprint density at radius 1 is 1.21 bits per heavy atom. The molecule has 0 fully saturated rings. The first-order valence-electron chi connectivity index (χ1n) is 6.24. The standard InChI is InChI=1S/C15H19NO2S/c1-14(2,15(3,4)18)16-13(17)12-9-10-7-5-6-8-11(10)19-12/h5-9,18H,1-4H3,(H,16,17). The maximum absolute atomic E-state index is 12.3. The van der Waals surface area contributed by atoms with Crippen molar-refractivity contribution in [2.24, 2.45) is 0 Å². The molecule has 19 heavy (non-hydrogen) atoms. The van der Waals surface area contributed by atoms with Crippen LogP contribution in [-0.2, 0) is 0 Å². The fourth-order valence-electron chi connectivity index (χ4n) is 1.59. The second-order valence-electron chi connectivity index (χ2n) is 5.79. The highest BCUT2D eigenvalue weighted by Gasteiger charge is 2.36. The number of hydrogen-bond donors (Lipinski definition) is 2. The molecule has 0 radical (unpaired) electrons. The SMILES string of the molecule is CC(C)(O)C(C)(C)NC(=O)c1cc2ccccc2s1. The van der Waals surface area contributed by atoms with E-state index in [1.54, 1.807) is 13.8 Å². The first-order valence-corrected chi connectivity index (χ1v) is 7.06. The maximum atomic E-state index is 12.3. The lowest BCUT2D eigenvalue weighted by Crippen LogP contribution is -2.57. The molecule has 0 atom stereocenters. The number of benzene rings is 1. The van der Waals surface area contributed by atoms with Gasteiger partial charge in [-0.15, -0.1) is 11.3 Å². The summed E-state index contributed by atoms with van der Waals surface area (Å²) in [5.74, 6) is -0.145. The largest absolute Gasteiger partial charge is 0.388 e. The van der Waals surface area contributed by atoms with Gasteiger partial charge in [-0.2, -0.15) is 0 Å². The van der Waals surface area contributed by atoms with Crippen molar-refractivity contribution in [1.29, 1.82) is 0 Å². The number of hydrogen-bond acceptors (Lipinski definition) is 3. The Labute approximate surface area is 117 Å². The van der Waals surface area contributed by atoms with Crippen molar-refractivity contribution in [2.75, 3.05) is 0 Å². The Balaban J connectivity index is 2.25. The highest BCUT2D eigenvalue weighted by molar-refractivity contribution is 7.20. The van der Waals surface area contributed by atoms with Gasteiger partial charge in [0.1, 0.15) is 0 Å². The normalized spacial score (nSPS) is 12.7. The van der Waals surface area contributed by atoms with E-state index >= 15 is 0 Å². The van der Waals surface area contributed by atoms with Gasteiger partial charge >= 0.3 is 0 Å². The number of nitrogens with one attached hydrogen (secondary N) is 1. The lowest BCUT2D eigenvalue weighted by Gasteiger charge is -2.37. The summed E-state index contributed by atoms with van der Waals surface area (Å²) in [6.07, 6.45) is 0. The van der Waals surface area contributed by atoms with Gasteiger partial charge in [0.05, 0.1) is 16.0 Å². The summed E-state index contributed by atoms with van der Waals surface area (Å²) in [5, 5.41) is 14.0. The van der Waals surface area contributed by atoms with Gasteiger partial charge in [0.15, 0.2) is 0 Å². The summed E-state index contributed by atoms with van der Waals surface area (Å²) >= 11 is 1.46. The topological polar surface area (TPSA) is 49.3 Å². The third-order valence-electron chi connectivity index (χ3n) is 3.60. The third-order valence-corrected chi connectivity index (χ3v) is 4.72. The molecule has 0 aliphatic carbocycles. The second kappa shape index (κ2) is 4.62. The highest BCUT2D eigenvalue weighted by Crippen LogP contribution is 2.27. The van der Waals surface area contributed by atoms with E-state index in [1.165, 1.54) is 11.3 Å². The smallest absolute Gasteiger partial charge is 0.261 e. The van der Waals surface area contributed by atoms with Gasteiger partial charge in [0.2, 0.25) is 0 Å². The average molecular weight is 277 g/mol. The minimum Gasteiger partial charge on any atom is -0.388 e. The Kier molecular flexibility index (Phi) is 3.41. The lowest BCUT2D eigenvalue weighted by atomic mass is 9.86. The molecule has 0 bridgehead atoms. The molecular formula is C15H19NO2S. The molecule has 0 aliphatic rings. The average Bonchev–Trinajstić information content (AvgIpc) is 2.70. The first kappa shape index (κ1) is 14.0. The molecule has 0 aliphatic heterocycles. The van der Waals surface area contributed by atoms with E-state index in [2.05, 4.69) is 5.32 Å². The molecule has 1 aromatic carbocycles. The second-order valence-corrected chi connectivity index (χ2v) is 6.87. The van der Waals surface area contributed by atoms with Crippen LogP contribution in [0.1, 0.15) is 37.4 Å². The molecule has 0 saturated carbocycles. The van der Waals surface area contributed by atoms with Crippen LogP contribution in [0.2, 0.25) is 0 Å². The molecule has 2 N–H and O–H groups in total. The number of carbonyl (C=O) groups excluding carboxylic acids is 1. The van der Waals surface area contributed by atoms with Gasteiger partial charge in [-0.3, -0.25) is 4.79 Å². The van der Waals surface area contributed by atoms with Crippen LogP contribution in [0.3, 0.4) is 0 Å². The maximum Gasteiger partial charge on any atom is 0.261 e. The van der Waals surface area contributed by atoms with E-state index < -0.39 is 11.1 Å². The van der Waals surface area contributed by atoms with E-state index in [9.17, 15) is 9.90 Å². The van der Waals surface area contributed by atoms with Crippen LogP contribution in [0.15, 0.2) is 30.3 Å². The number of aliphatic hydroxyl groups is 1. The zero-order valence-electron chi connectivity index (χ0n) is 11.7. The minimum atomic E-state index is -0.987. The number of amides is 1. The fourth-order valence-corrected chi connectivity index (χ4v) is 2.55. The number of thiophene rings is 1. The predicted octanol–water partition coefficient (Wildman–Crippen LogP) is 3.18. The number of rotatable bonds is 3. The van der Waals surface area contributed by atoms with Crippen molar-refractivity contribution in [3.8, 4) is 0 Å². The van der Waals surface area contributed by atoms with Crippen LogP contribution in [0.4, 0.5) is 0 Å². The Bertz CT molecular complexity index is 575. The van der Waals surface area contributed by atoms with Crippen molar-refractivity contribution >= 4 is 27.3 Å². The summed E-state index contributed by atoms with van der Waals surface area (Å²) in [6.45, 7) is 7.02. The van der Waals surface area contributed by atoms with Crippen molar-refractivity contribution in [1.82, 2.24) is 5.32 Å². The summed E-state index contributed by atoms with van der Waals surface area (Å²) in [5.41, 5.74) is -1.68. The molecule has 2 aromatic rings. The molecule has 0 saturated heterocycles. The zero-order chi connectivity index (χ0) is 14.3. The van der Waals surface area contributed by atoms with Crippen LogP contribution >= 0.6 is 11.3 Å². The van der Waals surface area contributed by atoms with E-state index in [0.717, 1.165) is 10.1 Å². The molecule has 1 aromatic heterocycles. The van der Waals surface area contributed by atoms with Crippen LogP contribution in [0.5, 0.6) is 0 Å². The molecular weight excluding hydrogens is 258 g/mol. The molecule has 2 rings (SSSR count). The third kappa shape index (κ3) is 2.80. The zero-order valence-corrected chi connectivity index (χ0v) is 12.5. The monoisotopic (exact) mass is 277 g/mol. The van der Waals surface area contributed by atoms with Crippen LogP contribution in [0, 0.1) is 0 Å². The van der Waals surface area contributed by atoms with Crippen LogP contribution in [0.25, 0.3) is 10.1 Å². The van der Waals surface area contributed by atoms with Gasteiger partial charge in [-0.25, -0.2) is 0 Å². The highest BCUT2D eigenvalue weighted by atomic mass is 32.1. The molecule has 4 heteroatoms. The summed E-state index contributed by atoms with van der Waals surface area (Å²) in [4.78, 5) is 12.9. The molecule has 0 unspecified atom stereocenters. The van der Waals surface area contributed by atoms with Crippen LogP contribution < -0.4 is 5.32 Å².